The first-order valence-electron chi connectivity index (χ1n) is 6.01. The Morgan fingerprint density at radius 2 is 2.05 bits per heavy atom. The first-order chi connectivity index (χ1) is 9.95. The summed E-state index contributed by atoms with van der Waals surface area (Å²) in [5.74, 6) is 0.589. The van der Waals surface area contributed by atoms with Crippen LogP contribution in [0.2, 0.25) is 10.0 Å². The normalized spacial score (nSPS) is 17.9. The summed E-state index contributed by atoms with van der Waals surface area (Å²) in [6.07, 6.45) is 3.34. The van der Waals surface area contributed by atoms with Gasteiger partial charge in [-0.2, -0.15) is 5.10 Å². The van der Waals surface area contributed by atoms with Crippen LogP contribution in [0.25, 0.3) is 0 Å². The molecule has 0 saturated carbocycles. The lowest BCUT2D eigenvalue weighted by Gasteiger charge is -2.24. The molecule has 0 amide bonds. The molecule has 0 atom stereocenters. The first kappa shape index (κ1) is 16.6. The van der Waals surface area contributed by atoms with E-state index >= 15 is 0 Å². The zero-order valence-electron chi connectivity index (χ0n) is 11.2. The van der Waals surface area contributed by atoms with Crippen LogP contribution in [0, 0.1) is 0 Å². The van der Waals surface area contributed by atoms with E-state index < -0.39 is 0 Å². The van der Waals surface area contributed by atoms with Gasteiger partial charge in [-0.25, -0.2) is 10.0 Å². The van der Waals surface area contributed by atoms with Crippen molar-refractivity contribution in [3.8, 4) is 0 Å². The molecule has 7 heteroatoms. The number of rotatable bonds is 2. The van der Waals surface area contributed by atoms with E-state index in [4.69, 9.17) is 34.8 Å². The van der Waals surface area contributed by atoms with Crippen molar-refractivity contribution in [2.45, 2.75) is 13.8 Å². The smallest absolute Gasteiger partial charge is 0.165 e. The highest BCUT2D eigenvalue weighted by atomic mass is 79.9. The fourth-order valence-corrected chi connectivity index (χ4v) is 2.64. The van der Waals surface area contributed by atoms with Crippen LogP contribution in [0.4, 0.5) is 0 Å². The van der Waals surface area contributed by atoms with Gasteiger partial charge in [0.15, 0.2) is 5.82 Å². The van der Waals surface area contributed by atoms with Gasteiger partial charge in [0, 0.05) is 22.3 Å². The lowest BCUT2D eigenvalue weighted by atomic mass is 10.1. The predicted molar refractivity (Wildman–Crippen MR) is 94.6 cm³/mol. The Balaban J connectivity index is 2.59. The maximum absolute atomic E-state index is 6.30. The second kappa shape index (κ2) is 6.97. The molecule has 0 N–H and O–H groups in total. The van der Waals surface area contributed by atoms with Gasteiger partial charge in [0.1, 0.15) is 5.16 Å². The molecule has 0 fully saturated rings. The number of halogens is 4. The zero-order valence-corrected chi connectivity index (χ0v) is 15.1. The number of hydrogen-bond acceptors (Lipinski definition) is 3. The van der Waals surface area contributed by atoms with Crippen molar-refractivity contribution in [2.75, 3.05) is 0 Å². The van der Waals surface area contributed by atoms with Gasteiger partial charge in [0.25, 0.3) is 0 Å². The van der Waals surface area contributed by atoms with Gasteiger partial charge < -0.3 is 0 Å². The molecular weight excluding hydrogens is 396 g/mol. The minimum Gasteiger partial charge on any atom is -0.228 e. The molecule has 21 heavy (non-hydrogen) atoms. The Bertz CT molecular complexity index is 689. The van der Waals surface area contributed by atoms with Gasteiger partial charge in [-0.3, -0.25) is 0 Å². The van der Waals surface area contributed by atoms with Crippen molar-refractivity contribution in [3.63, 3.8) is 0 Å². The molecule has 0 spiro atoms. The third-order valence-corrected chi connectivity index (χ3v) is 4.09. The van der Waals surface area contributed by atoms with E-state index in [1.807, 2.05) is 19.1 Å². The molecule has 1 aliphatic heterocycles. The van der Waals surface area contributed by atoms with E-state index in [2.05, 4.69) is 26.0 Å². The van der Waals surface area contributed by atoms with Crippen LogP contribution < -0.4 is 0 Å². The quantitative estimate of drug-likeness (QED) is 0.452. The van der Waals surface area contributed by atoms with Crippen LogP contribution in [0.3, 0.4) is 0 Å². The molecular formula is C14H11BrCl3N3. The van der Waals surface area contributed by atoms with Gasteiger partial charge in [-0.05, 0) is 19.9 Å². The van der Waals surface area contributed by atoms with Crippen molar-refractivity contribution in [2.24, 2.45) is 10.1 Å². The number of benzene rings is 1. The monoisotopic (exact) mass is 405 g/mol. The Morgan fingerprint density at radius 1 is 1.33 bits per heavy atom. The molecule has 1 heterocycles. The highest BCUT2D eigenvalue weighted by Gasteiger charge is 2.22. The van der Waals surface area contributed by atoms with E-state index in [-0.39, 0.29) is 0 Å². The molecule has 0 aromatic heterocycles. The fourth-order valence-electron chi connectivity index (χ4n) is 1.76. The van der Waals surface area contributed by atoms with Crippen molar-refractivity contribution in [3.05, 3.63) is 55.3 Å². The lowest BCUT2D eigenvalue weighted by molar-refractivity contribution is 0.474. The summed E-state index contributed by atoms with van der Waals surface area (Å²) in [5, 5.41) is 7.06. The fraction of sp³-hybridized carbons (Fsp3) is 0.143. The molecule has 1 aromatic rings. The second-order valence-corrected chi connectivity index (χ2v) is 6.47. The van der Waals surface area contributed by atoms with Gasteiger partial charge >= 0.3 is 0 Å². The van der Waals surface area contributed by atoms with E-state index in [1.54, 1.807) is 25.3 Å². The van der Waals surface area contributed by atoms with Crippen LogP contribution in [0.5, 0.6) is 0 Å². The van der Waals surface area contributed by atoms with Crippen LogP contribution in [-0.4, -0.2) is 16.9 Å². The molecule has 1 aromatic carbocycles. The highest BCUT2D eigenvalue weighted by Crippen LogP contribution is 2.32. The van der Waals surface area contributed by atoms with Crippen LogP contribution in [0.1, 0.15) is 19.4 Å². The summed E-state index contributed by atoms with van der Waals surface area (Å²) in [5.41, 5.74) is 1.34. The second-order valence-electron chi connectivity index (χ2n) is 4.11. The molecule has 0 aliphatic carbocycles. The van der Waals surface area contributed by atoms with Crippen molar-refractivity contribution < 1.29 is 0 Å². The van der Waals surface area contributed by atoms with Crippen molar-refractivity contribution in [1.82, 2.24) is 5.01 Å². The van der Waals surface area contributed by atoms with E-state index in [0.29, 0.717) is 32.3 Å². The van der Waals surface area contributed by atoms with E-state index in [9.17, 15) is 0 Å². The summed E-state index contributed by atoms with van der Waals surface area (Å²) in [7, 11) is 0. The Labute approximate surface area is 146 Å². The third kappa shape index (κ3) is 3.51. The maximum Gasteiger partial charge on any atom is 0.165 e. The van der Waals surface area contributed by atoms with Crippen LogP contribution in [-0.2, 0) is 0 Å². The van der Waals surface area contributed by atoms with Gasteiger partial charge in [-0.1, -0.05) is 62.9 Å². The number of nitrogens with zero attached hydrogens (tertiary/aromatic N) is 3. The molecule has 3 nitrogen and oxygen atoms in total. The predicted octanol–water partition coefficient (Wildman–Crippen LogP) is 5.77. The van der Waals surface area contributed by atoms with E-state index in [0.717, 1.165) is 4.48 Å². The Morgan fingerprint density at radius 3 is 2.67 bits per heavy atom. The summed E-state index contributed by atoms with van der Waals surface area (Å²) in [4.78, 5) is 4.56. The first-order valence-corrected chi connectivity index (χ1v) is 7.93. The average molecular weight is 408 g/mol. The van der Waals surface area contributed by atoms with Crippen LogP contribution in [0.15, 0.2) is 49.8 Å². The molecule has 0 unspecified atom stereocenters. The molecule has 110 valence electrons. The minimum absolute atomic E-state index is 0.419. The average Bonchev–Trinajstić information content (AvgIpc) is 2.43. The maximum atomic E-state index is 6.30. The molecule has 0 radical (unpaired) electrons. The Kier molecular flexibility index (Phi) is 5.49. The number of allylic oxidation sites excluding steroid dienone is 2. The van der Waals surface area contributed by atoms with Gasteiger partial charge in [0.2, 0.25) is 0 Å². The van der Waals surface area contributed by atoms with Crippen molar-refractivity contribution >= 4 is 62.7 Å². The number of hydrazone groups is 1. The van der Waals surface area contributed by atoms with Gasteiger partial charge in [0.05, 0.1) is 15.8 Å². The standard InChI is InChI=1S/C14H11BrCl3N3/c1-3-19-21-12(17)7-11(20-14(21)8(2)15)9-5-4-6-10(16)13(9)18/h3-7H,1-2H3/b14-8+,19-3-. The SMILES string of the molecule is C/C=N\N1C(Cl)=CC(c2cccc(Cl)c2Cl)=N/C1=C(/C)Br. The largest absolute Gasteiger partial charge is 0.228 e. The summed E-state index contributed by atoms with van der Waals surface area (Å²) < 4.78 is 0.801. The van der Waals surface area contributed by atoms with Crippen molar-refractivity contribution in [1.29, 1.82) is 0 Å². The molecule has 2 rings (SSSR count). The van der Waals surface area contributed by atoms with E-state index in [1.165, 1.54) is 5.01 Å². The van der Waals surface area contributed by atoms with Crippen LogP contribution >= 0.6 is 50.7 Å². The topological polar surface area (TPSA) is 28.0 Å². The number of aliphatic imine (C=N–C) groups is 1. The zero-order chi connectivity index (χ0) is 15.6. The lowest BCUT2D eigenvalue weighted by Crippen LogP contribution is -2.20. The molecule has 0 bridgehead atoms. The summed E-state index contributed by atoms with van der Waals surface area (Å²) in [6.45, 7) is 3.67. The highest BCUT2D eigenvalue weighted by molar-refractivity contribution is 9.11. The Hall–Kier alpha value is -0.810. The summed E-state index contributed by atoms with van der Waals surface area (Å²) >= 11 is 22.0. The van der Waals surface area contributed by atoms with Gasteiger partial charge in [-0.15, -0.1) is 0 Å². The number of hydrogen-bond donors (Lipinski definition) is 0. The molecule has 1 aliphatic rings. The summed E-state index contributed by atoms with van der Waals surface area (Å²) in [6, 6.07) is 5.38. The molecule has 0 saturated heterocycles. The third-order valence-electron chi connectivity index (χ3n) is 2.65. The minimum atomic E-state index is 0.419.